The van der Waals surface area contributed by atoms with Crippen LogP contribution in [0.2, 0.25) is 0 Å². The predicted octanol–water partition coefficient (Wildman–Crippen LogP) is 2.34. The highest BCUT2D eigenvalue weighted by Gasteiger charge is 2.36. The Labute approximate surface area is 121 Å². The summed E-state index contributed by atoms with van der Waals surface area (Å²) in [5, 5.41) is 6.52. The third kappa shape index (κ3) is 3.78. The summed E-state index contributed by atoms with van der Waals surface area (Å²) in [6.45, 7) is 6.08. The summed E-state index contributed by atoms with van der Waals surface area (Å²) in [6.07, 6.45) is 5.82. The van der Waals surface area contributed by atoms with Gasteiger partial charge in [0.25, 0.3) is 0 Å². The lowest BCUT2D eigenvalue weighted by Crippen LogP contribution is -2.58. The Bertz CT molecular complexity index is 287. The number of carbonyl (C=O) groups is 1. The molecule has 0 aromatic rings. The number of hydrogen-bond acceptors (Lipinski definition) is 3. The van der Waals surface area contributed by atoms with Crippen LogP contribution >= 0.6 is 24.2 Å². The monoisotopic (exact) mass is 292 g/mol. The van der Waals surface area contributed by atoms with Crippen LogP contribution in [0, 0.1) is 0 Å². The van der Waals surface area contributed by atoms with Gasteiger partial charge in [-0.05, 0) is 58.2 Å². The molecule has 0 spiro atoms. The molecule has 0 aliphatic carbocycles. The molecule has 2 aliphatic rings. The van der Waals surface area contributed by atoms with Crippen LogP contribution in [0.3, 0.4) is 0 Å². The Balaban J connectivity index is 0.00000162. The molecule has 18 heavy (non-hydrogen) atoms. The molecule has 2 atom stereocenters. The van der Waals surface area contributed by atoms with Gasteiger partial charge in [0.15, 0.2) is 0 Å². The smallest absolute Gasteiger partial charge is 0.240 e. The van der Waals surface area contributed by atoms with Crippen LogP contribution in [0.25, 0.3) is 0 Å². The molecule has 2 unspecified atom stereocenters. The topological polar surface area (TPSA) is 41.1 Å². The first kappa shape index (κ1) is 16.1. The summed E-state index contributed by atoms with van der Waals surface area (Å²) in [7, 11) is 0. The fourth-order valence-corrected chi connectivity index (χ4v) is 3.93. The third-order valence-electron chi connectivity index (χ3n) is 4.04. The minimum atomic E-state index is -0.335. The number of piperidine rings is 1. The molecule has 2 aliphatic heterocycles. The van der Waals surface area contributed by atoms with E-state index in [0.717, 1.165) is 25.9 Å². The Morgan fingerprint density at radius 1 is 1.28 bits per heavy atom. The van der Waals surface area contributed by atoms with Gasteiger partial charge >= 0.3 is 0 Å². The largest absolute Gasteiger partial charge is 0.353 e. The van der Waals surface area contributed by atoms with E-state index in [2.05, 4.69) is 17.6 Å². The van der Waals surface area contributed by atoms with Gasteiger partial charge in [-0.3, -0.25) is 4.79 Å². The predicted molar refractivity (Wildman–Crippen MR) is 80.6 cm³/mol. The van der Waals surface area contributed by atoms with E-state index in [1.54, 1.807) is 0 Å². The van der Waals surface area contributed by atoms with E-state index in [-0.39, 0.29) is 28.6 Å². The molecule has 0 aromatic carbocycles. The molecule has 2 saturated heterocycles. The SMILES string of the molecule is CC1(CNC(=O)C2(C)CCCCN2)CCCS1.Cl. The van der Waals surface area contributed by atoms with Crippen molar-refractivity contribution in [3.63, 3.8) is 0 Å². The number of halogens is 1. The van der Waals surface area contributed by atoms with Crippen molar-refractivity contribution in [1.82, 2.24) is 10.6 Å². The lowest BCUT2D eigenvalue weighted by Gasteiger charge is -2.34. The van der Waals surface area contributed by atoms with E-state index in [9.17, 15) is 4.79 Å². The number of nitrogens with one attached hydrogen (secondary N) is 2. The molecular weight excluding hydrogens is 268 g/mol. The fraction of sp³-hybridized carbons (Fsp3) is 0.923. The van der Waals surface area contributed by atoms with E-state index in [1.165, 1.54) is 25.0 Å². The summed E-state index contributed by atoms with van der Waals surface area (Å²) in [5.74, 6) is 1.42. The van der Waals surface area contributed by atoms with Gasteiger partial charge in [0.2, 0.25) is 5.91 Å². The summed E-state index contributed by atoms with van der Waals surface area (Å²) in [4.78, 5) is 12.2. The highest BCUT2D eigenvalue weighted by Crippen LogP contribution is 2.37. The zero-order valence-electron chi connectivity index (χ0n) is 11.4. The first-order valence-corrected chi connectivity index (χ1v) is 7.70. The Morgan fingerprint density at radius 2 is 2.06 bits per heavy atom. The summed E-state index contributed by atoms with van der Waals surface area (Å²) < 4.78 is 0.265. The number of thioether (sulfide) groups is 1. The molecule has 0 bridgehead atoms. The minimum absolute atomic E-state index is 0. The average molecular weight is 293 g/mol. The van der Waals surface area contributed by atoms with Gasteiger partial charge in [0.05, 0.1) is 5.54 Å². The summed E-state index contributed by atoms with van der Waals surface area (Å²) in [6, 6.07) is 0. The summed E-state index contributed by atoms with van der Waals surface area (Å²) in [5.41, 5.74) is -0.335. The van der Waals surface area contributed by atoms with Gasteiger partial charge in [-0.1, -0.05) is 0 Å². The lowest BCUT2D eigenvalue weighted by molar-refractivity contribution is -0.128. The quantitative estimate of drug-likeness (QED) is 0.839. The van der Waals surface area contributed by atoms with Crippen LogP contribution in [-0.4, -0.2) is 35.0 Å². The lowest BCUT2D eigenvalue weighted by atomic mass is 9.90. The van der Waals surface area contributed by atoms with Gasteiger partial charge in [-0.25, -0.2) is 0 Å². The van der Waals surface area contributed by atoms with Crippen LogP contribution in [0.5, 0.6) is 0 Å². The number of hydrogen-bond donors (Lipinski definition) is 2. The van der Waals surface area contributed by atoms with Gasteiger partial charge in [0.1, 0.15) is 0 Å². The zero-order valence-corrected chi connectivity index (χ0v) is 13.0. The Kier molecular flexibility index (Phi) is 5.81. The average Bonchev–Trinajstić information content (AvgIpc) is 2.75. The van der Waals surface area contributed by atoms with Crippen molar-refractivity contribution >= 4 is 30.1 Å². The van der Waals surface area contributed by atoms with Crippen LogP contribution in [-0.2, 0) is 4.79 Å². The molecule has 1 amide bonds. The van der Waals surface area contributed by atoms with E-state index in [1.807, 2.05) is 18.7 Å². The van der Waals surface area contributed by atoms with Crippen LogP contribution in [0.15, 0.2) is 0 Å². The van der Waals surface area contributed by atoms with Gasteiger partial charge < -0.3 is 10.6 Å². The van der Waals surface area contributed by atoms with Gasteiger partial charge in [0, 0.05) is 11.3 Å². The Morgan fingerprint density at radius 3 is 2.61 bits per heavy atom. The maximum atomic E-state index is 12.2. The fourth-order valence-electron chi connectivity index (χ4n) is 2.69. The van der Waals surface area contributed by atoms with Crippen LogP contribution in [0.4, 0.5) is 0 Å². The van der Waals surface area contributed by atoms with E-state index < -0.39 is 0 Å². The highest BCUT2D eigenvalue weighted by atomic mass is 35.5. The minimum Gasteiger partial charge on any atom is -0.353 e. The van der Waals surface area contributed by atoms with E-state index in [0.29, 0.717) is 0 Å². The highest BCUT2D eigenvalue weighted by molar-refractivity contribution is 8.00. The second kappa shape index (κ2) is 6.49. The maximum absolute atomic E-state index is 12.2. The molecule has 0 saturated carbocycles. The second-order valence-electron chi connectivity index (χ2n) is 5.80. The first-order valence-electron chi connectivity index (χ1n) is 6.71. The molecule has 0 radical (unpaired) electrons. The molecule has 106 valence electrons. The zero-order chi connectivity index (χ0) is 12.4. The maximum Gasteiger partial charge on any atom is 0.240 e. The molecular formula is C13H25ClN2OS. The van der Waals surface area contributed by atoms with Gasteiger partial charge in [-0.15, -0.1) is 12.4 Å². The molecule has 3 nitrogen and oxygen atoms in total. The normalized spacial score (nSPS) is 35.9. The molecule has 0 aromatic heterocycles. The standard InChI is InChI=1S/C13H24N2OS.ClH/c1-12(6-5-9-17-12)10-14-11(16)13(2)7-3-4-8-15-13;/h15H,3-10H2,1-2H3,(H,14,16);1H. The number of carbonyl (C=O) groups excluding carboxylic acids is 1. The Hall–Kier alpha value is 0.0700. The van der Waals surface area contributed by atoms with Crippen LogP contribution < -0.4 is 10.6 Å². The molecule has 2 N–H and O–H groups in total. The number of amides is 1. The van der Waals surface area contributed by atoms with Crippen molar-refractivity contribution in [3.8, 4) is 0 Å². The van der Waals surface area contributed by atoms with E-state index >= 15 is 0 Å². The van der Waals surface area contributed by atoms with Crippen molar-refractivity contribution in [1.29, 1.82) is 0 Å². The van der Waals surface area contributed by atoms with Crippen molar-refractivity contribution in [2.24, 2.45) is 0 Å². The molecule has 2 fully saturated rings. The van der Waals surface area contributed by atoms with Crippen LogP contribution in [0.1, 0.15) is 46.0 Å². The molecule has 2 heterocycles. The third-order valence-corrected chi connectivity index (χ3v) is 5.58. The first-order chi connectivity index (χ1) is 8.04. The van der Waals surface area contributed by atoms with Crippen molar-refractivity contribution in [2.75, 3.05) is 18.8 Å². The second-order valence-corrected chi connectivity index (χ2v) is 7.48. The van der Waals surface area contributed by atoms with Crippen molar-refractivity contribution in [3.05, 3.63) is 0 Å². The van der Waals surface area contributed by atoms with E-state index in [4.69, 9.17) is 0 Å². The summed E-state index contributed by atoms with van der Waals surface area (Å²) >= 11 is 2.00. The van der Waals surface area contributed by atoms with Gasteiger partial charge in [-0.2, -0.15) is 11.8 Å². The molecule has 5 heteroatoms. The molecule has 2 rings (SSSR count). The van der Waals surface area contributed by atoms with Crippen molar-refractivity contribution in [2.45, 2.75) is 56.2 Å². The number of rotatable bonds is 3. The van der Waals surface area contributed by atoms with Crippen molar-refractivity contribution < 1.29 is 4.79 Å².